The van der Waals surface area contributed by atoms with Crippen LogP contribution >= 0.6 is 23.2 Å². The van der Waals surface area contributed by atoms with Crippen LogP contribution in [0.2, 0.25) is 10.0 Å². The third kappa shape index (κ3) is 3.32. The molecule has 7 heteroatoms. The summed E-state index contributed by atoms with van der Waals surface area (Å²) in [7, 11) is 1.55. The molecule has 1 N–H and O–H groups in total. The summed E-state index contributed by atoms with van der Waals surface area (Å²) in [6, 6.07) is 16.7. The van der Waals surface area contributed by atoms with Crippen LogP contribution < -0.4 is 4.74 Å². The van der Waals surface area contributed by atoms with Crippen LogP contribution in [-0.4, -0.2) is 28.5 Å². The zero-order chi connectivity index (χ0) is 21.4. The molecule has 0 fully saturated rings. The molecule has 150 valence electrons. The first-order valence-electron chi connectivity index (χ1n) is 8.93. The van der Waals surface area contributed by atoms with Gasteiger partial charge < -0.3 is 14.4 Å². The van der Waals surface area contributed by atoms with E-state index in [0.29, 0.717) is 27.9 Å². The summed E-state index contributed by atoms with van der Waals surface area (Å²) < 4.78 is 7.31. The Balaban J connectivity index is 1.97. The van der Waals surface area contributed by atoms with E-state index in [4.69, 9.17) is 33.0 Å². The molecule has 0 spiro atoms. The molecule has 0 unspecified atom stereocenters. The molecule has 0 atom stereocenters. The van der Waals surface area contributed by atoms with Crippen LogP contribution in [0.5, 0.6) is 5.75 Å². The van der Waals surface area contributed by atoms with Gasteiger partial charge in [-0.1, -0.05) is 41.4 Å². The molecule has 0 radical (unpaired) electrons. The second kappa shape index (κ2) is 7.86. The summed E-state index contributed by atoms with van der Waals surface area (Å²) >= 11 is 12.5. The molecule has 1 aromatic heterocycles. The highest BCUT2D eigenvalue weighted by atomic mass is 35.5. The SMILES string of the molecule is COc1cccc2c(C(=O)c3c(Cl)cccc3Cl)cn(-c3ccc(C(=O)O)cc3)c12. The number of ketones is 1. The van der Waals surface area contributed by atoms with Gasteiger partial charge in [0.15, 0.2) is 5.78 Å². The molecular weight excluding hydrogens is 425 g/mol. The van der Waals surface area contributed by atoms with Crippen molar-refractivity contribution in [3.8, 4) is 11.4 Å². The van der Waals surface area contributed by atoms with Gasteiger partial charge in [-0.25, -0.2) is 4.79 Å². The van der Waals surface area contributed by atoms with E-state index < -0.39 is 5.97 Å². The van der Waals surface area contributed by atoms with Gasteiger partial charge in [0, 0.05) is 22.8 Å². The fourth-order valence-electron chi connectivity index (χ4n) is 3.41. The van der Waals surface area contributed by atoms with Crippen LogP contribution in [0.1, 0.15) is 26.3 Å². The number of aromatic carboxylic acids is 1. The smallest absolute Gasteiger partial charge is 0.335 e. The fourth-order valence-corrected chi connectivity index (χ4v) is 3.98. The molecule has 0 saturated carbocycles. The first-order chi connectivity index (χ1) is 14.4. The molecule has 1 heterocycles. The number of carboxylic acids is 1. The molecule has 0 bridgehead atoms. The van der Waals surface area contributed by atoms with E-state index in [1.807, 2.05) is 6.07 Å². The Morgan fingerprint density at radius 1 is 0.933 bits per heavy atom. The third-order valence-electron chi connectivity index (χ3n) is 4.84. The van der Waals surface area contributed by atoms with Crippen molar-refractivity contribution in [3.05, 3.63) is 93.6 Å². The molecule has 4 aromatic rings. The summed E-state index contributed by atoms with van der Waals surface area (Å²) in [4.78, 5) is 24.6. The highest BCUT2D eigenvalue weighted by molar-refractivity contribution is 6.41. The maximum absolute atomic E-state index is 13.4. The molecule has 0 amide bonds. The average Bonchev–Trinajstić information content (AvgIpc) is 3.13. The van der Waals surface area contributed by atoms with Gasteiger partial charge in [-0.05, 0) is 42.5 Å². The zero-order valence-electron chi connectivity index (χ0n) is 15.7. The lowest BCUT2D eigenvalue weighted by molar-refractivity contribution is 0.0696. The zero-order valence-corrected chi connectivity index (χ0v) is 17.2. The van der Waals surface area contributed by atoms with Crippen molar-refractivity contribution in [1.82, 2.24) is 4.57 Å². The lowest BCUT2D eigenvalue weighted by Crippen LogP contribution is -2.03. The maximum atomic E-state index is 13.4. The number of nitrogens with zero attached hydrogens (tertiary/aromatic N) is 1. The Labute approximate surface area is 182 Å². The van der Waals surface area contributed by atoms with E-state index in [9.17, 15) is 9.59 Å². The van der Waals surface area contributed by atoms with Crippen molar-refractivity contribution in [2.45, 2.75) is 0 Å². The molecule has 4 rings (SSSR count). The second-order valence-electron chi connectivity index (χ2n) is 6.55. The highest BCUT2D eigenvalue weighted by Crippen LogP contribution is 2.35. The molecule has 3 aromatic carbocycles. The predicted octanol–water partition coefficient (Wildman–Crippen LogP) is 5.88. The van der Waals surface area contributed by atoms with Crippen molar-refractivity contribution < 1.29 is 19.4 Å². The van der Waals surface area contributed by atoms with Gasteiger partial charge >= 0.3 is 5.97 Å². The minimum Gasteiger partial charge on any atom is -0.495 e. The summed E-state index contributed by atoms with van der Waals surface area (Å²) in [5, 5.41) is 10.4. The number of carbonyl (C=O) groups is 2. The van der Waals surface area contributed by atoms with Crippen LogP contribution in [0, 0.1) is 0 Å². The minimum absolute atomic E-state index is 0.168. The monoisotopic (exact) mass is 439 g/mol. The predicted molar refractivity (Wildman–Crippen MR) is 117 cm³/mol. The van der Waals surface area contributed by atoms with E-state index in [2.05, 4.69) is 0 Å². The van der Waals surface area contributed by atoms with E-state index in [1.165, 1.54) is 12.1 Å². The quantitative estimate of drug-likeness (QED) is 0.394. The van der Waals surface area contributed by atoms with Crippen molar-refractivity contribution in [2.75, 3.05) is 7.11 Å². The maximum Gasteiger partial charge on any atom is 0.335 e. The number of carboxylic acid groups (broad SMARTS) is 1. The van der Waals surface area contributed by atoms with Crippen molar-refractivity contribution >= 4 is 45.9 Å². The van der Waals surface area contributed by atoms with Gasteiger partial charge in [-0.15, -0.1) is 0 Å². The van der Waals surface area contributed by atoms with Gasteiger partial charge in [0.1, 0.15) is 5.75 Å². The van der Waals surface area contributed by atoms with Crippen molar-refractivity contribution in [1.29, 1.82) is 0 Å². The number of benzene rings is 3. The lowest BCUT2D eigenvalue weighted by atomic mass is 10.0. The van der Waals surface area contributed by atoms with Crippen molar-refractivity contribution in [2.24, 2.45) is 0 Å². The van der Waals surface area contributed by atoms with E-state index in [0.717, 1.165) is 0 Å². The number of halogens is 2. The number of hydrogen-bond acceptors (Lipinski definition) is 3. The Morgan fingerprint density at radius 2 is 1.57 bits per heavy atom. The van der Waals surface area contributed by atoms with E-state index in [-0.39, 0.29) is 27.0 Å². The Bertz CT molecular complexity index is 1270. The van der Waals surface area contributed by atoms with Crippen LogP contribution in [0.4, 0.5) is 0 Å². The summed E-state index contributed by atoms with van der Waals surface area (Å²) in [5.74, 6) is -0.760. The van der Waals surface area contributed by atoms with Gasteiger partial charge in [-0.2, -0.15) is 0 Å². The second-order valence-corrected chi connectivity index (χ2v) is 7.36. The standard InChI is InChI=1S/C23H15Cl2NO4/c1-30-19-7-2-4-15-16(22(27)20-17(24)5-3-6-18(20)25)12-26(21(15)19)14-10-8-13(9-11-14)23(28)29/h2-12H,1H3,(H,28,29). The van der Waals surface area contributed by atoms with Crippen LogP contribution in [0.15, 0.2) is 66.9 Å². The first-order valence-corrected chi connectivity index (χ1v) is 9.68. The average molecular weight is 440 g/mol. The summed E-state index contributed by atoms with van der Waals surface area (Å²) in [6.07, 6.45) is 1.69. The lowest BCUT2D eigenvalue weighted by Gasteiger charge is -2.09. The topological polar surface area (TPSA) is 68.5 Å². The summed E-state index contributed by atoms with van der Waals surface area (Å²) in [5.41, 5.74) is 2.15. The van der Waals surface area contributed by atoms with E-state index >= 15 is 0 Å². The molecule has 0 aliphatic rings. The molecule has 0 aliphatic heterocycles. The van der Waals surface area contributed by atoms with Crippen LogP contribution in [-0.2, 0) is 0 Å². The van der Waals surface area contributed by atoms with Crippen LogP contribution in [0.25, 0.3) is 16.6 Å². The molecule has 5 nitrogen and oxygen atoms in total. The number of para-hydroxylation sites is 1. The van der Waals surface area contributed by atoms with Crippen molar-refractivity contribution in [3.63, 3.8) is 0 Å². The van der Waals surface area contributed by atoms with Gasteiger partial charge in [0.2, 0.25) is 0 Å². The number of aromatic nitrogens is 1. The molecule has 0 saturated heterocycles. The Hall–Kier alpha value is -3.28. The third-order valence-corrected chi connectivity index (χ3v) is 5.47. The fraction of sp³-hybridized carbons (Fsp3) is 0.0435. The Morgan fingerprint density at radius 3 is 2.17 bits per heavy atom. The number of rotatable bonds is 5. The molecular formula is C23H15Cl2NO4. The number of ether oxygens (including phenoxy) is 1. The largest absolute Gasteiger partial charge is 0.495 e. The van der Waals surface area contributed by atoms with Crippen LogP contribution in [0.3, 0.4) is 0 Å². The summed E-state index contributed by atoms with van der Waals surface area (Å²) in [6.45, 7) is 0. The van der Waals surface area contributed by atoms with Gasteiger partial charge in [0.05, 0.1) is 33.8 Å². The van der Waals surface area contributed by atoms with Gasteiger partial charge in [0.25, 0.3) is 0 Å². The number of fused-ring (bicyclic) bond motifs is 1. The first kappa shape index (κ1) is 20.0. The number of methoxy groups -OCH3 is 1. The molecule has 30 heavy (non-hydrogen) atoms. The van der Waals surface area contributed by atoms with E-state index in [1.54, 1.807) is 60.3 Å². The van der Waals surface area contributed by atoms with Gasteiger partial charge in [-0.3, -0.25) is 4.79 Å². The molecule has 0 aliphatic carbocycles. The highest BCUT2D eigenvalue weighted by Gasteiger charge is 2.23. The number of hydrogen-bond donors (Lipinski definition) is 1. The Kier molecular flexibility index (Phi) is 5.24. The number of carbonyl (C=O) groups excluding carboxylic acids is 1. The minimum atomic E-state index is -1.01. The normalized spacial score (nSPS) is 10.9.